The van der Waals surface area contributed by atoms with Crippen LogP contribution in [0.25, 0.3) is 11.0 Å². The third kappa shape index (κ3) is 2.42. The van der Waals surface area contributed by atoms with Crippen LogP contribution in [0.5, 0.6) is 0 Å². The number of aromatic amines is 1. The van der Waals surface area contributed by atoms with Crippen LogP contribution in [-0.4, -0.2) is 15.9 Å². The Bertz CT molecular complexity index is 892. The van der Waals surface area contributed by atoms with E-state index in [4.69, 9.17) is 11.6 Å². The van der Waals surface area contributed by atoms with Gasteiger partial charge in [0.1, 0.15) is 11.6 Å². The number of fused-ring (bicyclic) bond motifs is 1. The van der Waals surface area contributed by atoms with Gasteiger partial charge in [0.05, 0.1) is 27.9 Å². The summed E-state index contributed by atoms with van der Waals surface area (Å²) in [4.78, 5) is 19.2. The molecule has 0 saturated carbocycles. The van der Waals surface area contributed by atoms with Crippen molar-refractivity contribution >= 4 is 34.2 Å². The van der Waals surface area contributed by atoms with E-state index < -0.39 is 17.5 Å². The molecule has 0 spiro atoms. The summed E-state index contributed by atoms with van der Waals surface area (Å²) in [5.41, 5.74) is 1.60. The highest BCUT2D eigenvalue weighted by Crippen LogP contribution is 2.24. The minimum atomic E-state index is -0.586. The monoisotopic (exact) mass is 321 g/mol. The number of nitrogens with one attached hydrogen (secondary N) is 2. The number of hydrogen-bond acceptors (Lipinski definition) is 2. The Balaban J connectivity index is 2.00. The first kappa shape index (κ1) is 14.5. The van der Waals surface area contributed by atoms with Crippen LogP contribution < -0.4 is 5.32 Å². The molecule has 4 nitrogen and oxygen atoms in total. The first-order valence-electron chi connectivity index (χ1n) is 6.36. The predicted molar refractivity (Wildman–Crippen MR) is 80.2 cm³/mol. The van der Waals surface area contributed by atoms with Gasteiger partial charge in [-0.15, -0.1) is 0 Å². The molecule has 0 bridgehead atoms. The van der Waals surface area contributed by atoms with E-state index in [0.717, 1.165) is 12.1 Å². The number of rotatable bonds is 2. The second-order valence-corrected chi connectivity index (χ2v) is 5.15. The molecule has 7 heteroatoms. The van der Waals surface area contributed by atoms with Crippen molar-refractivity contribution in [3.05, 3.63) is 58.4 Å². The summed E-state index contributed by atoms with van der Waals surface area (Å²) in [6, 6.07) is 4.92. The summed E-state index contributed by atoms with van der Waals surface area (Å²) in [5.74, 6) is -1.66. The first-order valence-corrected chi connectivity index (χ1v) is 6.73. The zero-order valence-electron chi connectivity index (χ0n) is 11.4. The Hall–Kier alpha value is -2.47. The lowest BCUT2D eigenvalue weighted by molar-refractivity contribution is 0.102. The van der Waals surface area contributed by atoms with Crippen LogP contribution >= 0.6 is 11.6 Å². The number of benzene rings is 2. The van der Waals surface area contributed by atoms with Gasteiger partial charge in [-0.25, -0.2) is 13.8 Å². The van der Waals surface area contributed by atoms with Crippen molar-refractivity contribution in [1.82, 2.24) is 9.97 Å². The number of amides is 1. The van der Waals surface area contributed by atoms with Crippen LogP contribution in [0.2, 0.25) is 5.02 Å². The number of halogens is 3. The number of imidazole rings is 1. The molecule has 0 atom stereocenters. The minimum Gasteiger partial charge on any atom is -0.344 e. The zero-order valence-corrected chi connectivity index (χ0v) is 12.1. The highest BCUT2D eigenvalue weighted by Gasteiger charge is 2.17. The van der Waals surface area contributed by atoms with Crippen LogP contribution in [0.4, 0.5) is 14.5 Å². The van der Waals surface area contributed by atoms with Crippen LogP contribution in [0, 0.1) is 18.6 Å². The Labute approximate surface area is 129 Å². The van der Waals surface area contributed by atoms with Gasteiger partial charge >= 0.3 is 0 Å². The van der Waals surface area contributed by atoms with Gasteiger partial charge in [-0.05, 0) is 31.2 Å². The molecular weight excluding hydrogens is 312 g/mol. The van der Waals surface area contributed by atoms with E-state index in [1.807, 2.05) is 0 Å². The summed E-state index contributed by atoms with van der Waals surface area (Å²) >= 11 is 5.66. The van der Waals surface area contributed by atoms with E-state index >= 15 is 0 Å². The highest BCUT2D eigenvalue weighted by atomic mass is 35.5. The van der Waals surface area contributed by atoms with Crippen LogP contribution in [-0.2, 0) is 0 Å². The molecule has 2 N–H and O–H groups in total. The lowest BCUT2D eigenvalue weighted by Crippen LogP contribution is -2.13. The molecule has 0 saturated heterocycles. The molecule has 0 unspecified atom stereocenters. The van der Waals surface area contributed by atoms with E-state index in [0.29, 0.717) is 22.3 Å². The zero-order chi connectivity index (χ0) is 15.9. The second-order valence-electron chi connectivity index (χ2n) is 4.74. The normalized spacial score (nSPS) is 10.9. The van der Waals surface area contributed by atoms with Crippen LogP contribution in [0.3, 0.4) is 0 Å². The minimum absolute atomic E-state index is 0.107. The SMILES string of the molecule is Cc1c(F)cc(C(=O)Nc2ccc(F)c(Cl)c2)c2[nH]cnc12. The number of anilines is 1. The lowest BCUT2D eigenvalue weighted by atomic mass is 10.1. The van der Waals surface area contributed by atoms with Crippen molar-refractivity contribution in [3.63, 3.8) is 0 Å². The summed E-state index contributed by atoms with van der Waals surface area (Å²) in [7, 11) is 0. The van der Waals surface area contributed by atoms with E-state index in [2.05, 4.69) is 15.3 Å². The number of carbonyl (C=O) groups is 1. The van der Waals surface area contributed by atoms with Crippen molar-refractivity contribution < 1.29 is 13.6 Å². The fourth-order valence-electron chi connectivity index (χ4n) is 2.16. The molecule has 2 aromatic carbocycles. The third-order valence-corrected chi connectivity index (χ3v) is 3.60. The van der Waals surface area contributed by atoms with Gasteiger partial charge in [-0.2, -0.15) is 0 Å². The fourth-order valence-corrected chi connectivity index (χ4v) is 2.34. The summed E-state index contributed by atoms with van der Waals surface area (Å²) in [5, 5.41) is 2.44. The Morgan fingerprint density at radius 2 is 2.05 bits per heavy atom. The standard InChI is InChI=1S/C15H10ClF2N3O/c1-7-12(18)5-9(14-13(7)19-6-20-14)15(22)21-8-2-3-11(17)10(16)4-8/h2-6H,1H3,(H,19,20)(H,21,22). The molecule has 1 heterocycles. The third-order valence-electron chi connectivity index (χ3n) is 3.32. The smallest absolute Gasteiger partial charge is 0.257 e. The lowest BCUT2D eigenvalue weighted by Gasteiger charge is -2.08. The van der Waals surface area contributed by atoms with Crippen LogP contribution in [0.15, 0.2) is 30.6 Å². The molecule has 0 aliphatic carbocycles. The summed E-state index contributed by atoms with van der Waals surface area (Å²) < 4.78 is 27.0. The van der Waals surface area contributed by atoms with Gasteiger partial charge in [0.25, 0.3) is 5.91 Å². The average Bonchev–Trinajstić information content (AvgIpc) is 2.96. The molecular formula is C15H10ClF2N3O. The van der Waals surface area contributed by atoms with Gasteiger partial charge in [0, 0.05) is 11.3 Å². The van der Waals surface area contributed by atoms with Gasteiger partial charge in [-0.3, -0.25) is 4.79 Å². The number of carbonyl (C=O) groups excluding carboxylic acids is 1. The maximum Gasteiger partial charge on any atom is 0.257 e. The van der Waals surface area contributed by atoms with Gasteiger partial charge < -0.3 is 10.3 Å². The Kier molecular flexibility index (Phi) is 3.54. The molecule has 1 aromatic heterocycles. The number of hydrogen-bond donors (Lipinski definition) is 2. The van der Waals surface area contributed by atoms with Gasteiger partial charge in [-0.1, -0.05) is 11.6 Å². The maximum atomic E-state index is 13.9. The molecule has 3 rings (SSSR count). The molecule has 0 aliphatic rings. The van der Waals surface area contributed by atoms with Crippen molar-refractivity contribution in [2.24, 2.45) is 0 Å². The molecule has 0 aliphatic heterocycles. The summed E-state index contributed by atoms with van der Waals surface area (Å²) in [6.07, 6.45) is 1.39. The van der Waals surface area contributed by atoms with E-state index in [9.17, 15) is 13.6 Å². The molecule has 0 radical (unpaired) electrons. The number of nitrogens with zero attached hydrogens (tertiary/aromatic N) is 1. The van der Waals surface area contributed by atoms with Crippen LogP contribution in [0.1, 0.15) is 15.9 Å². The Morgan fingerprint density at radius 3 is 2.77 bits per heavy atom. The van der Waals surface area contributed by atoms with Crippen molar-refractivity contribution in [2.75, 3.05) is 5.32 Å². The first-order chi connectivity index (χ1) is 10.5. The second kappa shape index (κ2) is 5.38. The van der Waals surface area contributed by atoms with Crippen molar-refractivity contribution in [1.29, 1.82) is 0 Å². The number of H-pyrrole nitrogens is 1. The maximum absolute atomic E-state index is 13.9. The van der Waals surface area contributed by atoms with Gasteiger partial charge in [0.15, 0.2) is 0 Å². The molecule has 1 amide bonds. The molecule has 3 aromatic rings. The summed E-state index contributed by atoms with van der Waals surface area (Å²) in [6.45, 7) is 1.58. The Morgan fingerprint density at radius 1 is 1.27 bits per heavy atom. The molecule has 112 valence electrons. The van der Waals surface area contributed by atoms with Crippen molar-refractivity contribution in [3.8, 4) is 0 Å². The molecule has 22 heavy (non-hydrogen) atoms. The number of aryl methyl sites for hydroxylation is 1. The largest absolute Gasteiger partial charge is 0.344 e. The van der Waals surface area contributed by atoms with E-state index in [-0.39, 0.29) is 10.6 Å². The average molecular weight is 322 g/mol. The topological polar surface area (TPSA) is 57.8 Å². The quantitative estimate of drug-likeness (QED) is 0.748. The van der Waals surface area contributed by atoms with Crippen molar-refractivity contribution in [2.45, 2.75) is 6.92 Å². The van der Waals surface area contributed by atoms with Gasteiger partial charge in [0.2, 0.25) is 0 Å². The highest BCUT2D eigenvalue weighted by molar-refractivity contribution is 6.31. The van der Waals surface area contributed by atoms with E-state index in [1.165, 1.54) is 18.5 Å². The molecule has 0 fully saturated rings. The number of aromatic nitrogens is 2. The van der Waals surface area contributed by atoms with E-state index in [1.54, 1.807) is 6.92 Å². The fraction of sp³-hybridized carbons (Fsp3) is 0.0667. The predicted octanol–water partition coefficient (Wildman–Crippen LogP) is 4.06.